The number of ether oxygens (including phenoxy) is 1. The maximum atomic E-state index is 13.3. The predicted octanol–water partition coefficient (Wildman–Crippen LogP) is 5.07. The van der Waals surface area contributed by atoms with Gasteiger partial charge in [0.2, 0.25) is 0 Å². The van der Waals surface area contributed by atoms with E-state index in [4.69, 9.17) is 4.74 Å². The molecule has 0 bridgehead atoms. The van der Waals surface area contributed by atoms with Crippen molar-refractivity contribution < 1.29 is 14.2 Å². The van der Waals surface area contributed by atoms with Crippen LogP contribution < -0.4 is 4.74 Å². The number of halogens is 1. The molecule has 3 aromatic carbocycles. The van der Waals surface area contributed by atoms with E-state index in [1.54, 1.807) is 39.4 Å². The van der Waals surface area contributed by atoms with Crippen LogP contribution in [-0.2, 0) is 5.60 Å². The van der Waals surface area contributed by atoms with Crippen molar-refractivity contribution in [3.63, 3.8) is 0 Å². The van der Waals surface area contributed by atoms with Crippen molar-refractivity contribution in [2.75, 3.05) is 7.11 Å². The normalized spacial score (nSPS) is 11.8. The molecule has 4 nitrogen and oxygen atoms in total. The molecule has 0 fully saturated rings. The van der Waals surface area contributed by atoms with Gasteiger partial charge in [0.15, 0.2) is 5.75 Å². The molecule has 0 amide bonds. The monoisotopic (exact) mass is 376 g/mol. The molecular formula is C23H21FN2O2. The molecule has 4 rings (SSSR count). The van der Waals surface area contributed by atoms with E-state index >= 15 is 0 Å². The van der Waals surface area contributed by atoms with E-state index < -0.39 is 5.60 Å². The molecule has 1 N–H and O–H groups in total. The van der Waals surface area contributed by atoms with Crippen LogP contribution in [0, 0.1) is 5.82 Å². The number of methoxy groups -OCH3 is 1. The van der Waals surface area contributed by atoms with Crippen molar-refractivity contribution >= 4 is 11.0 Å². The lowest BCUT2D eigenvalue weighted by Gasteiger charge is -2.18. The van der Waals surface area contributed by atoms with Crippen LogP contribution in [0.4, 0.5) is 4.39 Å². The number of fused-ring (bicyclic) bond motifs is 1. The third kappa shape index (κ3) is 3.14. The quantitative estimate of drug-likeness (QED) is 0.541. The van der Waals surface area contributed by atoms with Gasteiger partial charge in [-0.15, -0.1) is 0 Å². The maximum Gasteiger partial charge on any atom is 0.150 e. The Bertz CT molecular complexity index is 1140. The average molecular weight is 376 g/mol. The number of hydrogen-bond donors (Lipinski definition) is 1. The first-order chi connectivity index (χ1) is 13.4. The largest absolute Gasteiger partial charge is 0.494 e. The minimum absolute atomic E-state index is 0.276. The molecule has 4 aromatic rings. The summed E-state index contributed by atoms with van der Waals surface area (Å²) in [5, 5.41) is 10.3. The summed E-state index contributed by atoms with van der Waals surface area (Å²) in [7, 11) is 1.62. The smallest absolute Gasteiger partial charge is 0.150 e. The zero-order chi connectivity index (χ0) is 19.9. The van der Waals surface area contributed by atoms with Crippen LogP contribution in [0.5, 0.6) is 5.75 Å². The zero-order valence-corrected chi connectivity index (χ0v) is 16.0. The van der Waals surface area contributed by atoms with E-state index in [0.717, 1.165) is 33.4 Å². The van der Waals surface area contributed by atoms with Crippen molar-refractivity contribution in [1.82, 2.24) is 9.55 Å². The van der Waals surface area contributed by atoms with E-state index in [1.807, 2.05) is 41.0 Å². The van der Waals surface area contributed by atoms with Crippen LogP contribution in [0.25, 0.3) is 27.8 Å². The second-order valence-electron chi connectivity index (χ2n) is 7.24. The van der Waals surface area contributed by atoms with Gasteiger partial charge in [-0.25, -0.2) is 9.37 Å². The number of hydrogen-bond acceptors (Lipinski definition) is 3. The standard InChI is InChI=1S/C23H21FN2O2/c1-23(2,27)16-9-12-20-19(13-16)25-14-26(20)21-6-4-5-18(22(21)28-3)15-7-10-17(24)11-8-15/h4-14,27H,1-3H3. The SMILES string of the molecule is COc1c(-c2ccc(F)cc2)cccc1-n1cnc2cc(C(C)(C)O)ccc21. The number of para-hydroxylation sites is 1. The van der Waals surface area contributed by atoms with Gasteiger partial charge in [-0.1, -0.05) is 30.3 Å². The summed E-state index contributed by atoms with van der Waals surface area (Å²) in [4.78, 5) is 4.51. The summed E-state index contributed by atoms with van der Waals surface area (Å²) in [5.41, 5.74) is 4.14. The van der Waals surface area contributed by atoms with Crippen molar-refractivity contribution in [2.24, 2.45) is 0 Å². The van der Waals surface area contributed by atoms with Crippen molar-refractivity contribution in [2.45, 2.75) is 19.4 Å². The number of rotatable bonds is 4. The second-order valence-corrected chi connectivity index (χ2v) is 7.24. The molecule has 0 atom stereocenters. The lowest BCUT2D eigenvalue weighted by atomic mass is 9.98. The van der Waals surface area contributed by atoms with Gasteiger partial charge in [0.1, 0.15) is 12.1 Å². The minimum Gasteiger partial charge on any atom is -0.494 e. The number of benzene rings is 3. The second kappa shape index (κ2) is 6.77. The Kier molecular flexibility index (Phi) is 4.40. The average Bonchev–Trinajstić information content (AvgIpc) is 3.10. The Morgan fingerprint density at radius 3 is 2.46 bits per heavy atom. The zero-order valence-electron chi connectivity index (χ0n) is 16.0. The van der Waals surface area contributed by atoms with Crippen LogP contribution in [0.15, 0.2) is 67.0 Å². The highest BCUT2D eigenvalue weighted by molar-refractivity contribution is 5.82. The molecule has 1 heterocycles. The molecule has 0 saturated carbocycles. The van der Waals surface area contributed by atoms with E-state index in [0.29, 0.717) is 5.75 Å². The first kappa shape index (κ1) is 18.2. The molecule has 142 valence electrons. The fraction of sp³-hybridized carbons (Fsp3) is 0.174. The highest BCUT2D eigenvalue weighted by Gasteiger charge is 2.19. The first-order valence-corrected chi connectivity index (χ1v) is 9.02. The fourth-order valence-electron chi connectivity index (χ4n) is 3.37. The van der Waals surface area contributed by atoms with Crippen LogP contribution in [-0.4, -0.2) is 21.8 Å². The molecule has 0 aliphatic heterocycles. The molecule has 28 heavy (non-hydrogen) atoms. The number of imidazole rings is 1. The Labute approximate surface area is 162 Å². The van der Waals surface area contributed by atoms with Crippen LogP contribution in [0.3, 0.4) is 0 Å². The number of aliphatic hydroxyl groups is 1. The van der Waals surface area contributed by atoms with Gasteiger partial charge in [0.25, 0.3) is 0 Å². The van der Waals surface area contributed by atoms with Gasteiger partial charge in [-0.2, -0.15) is 0 Å². The molecule has 0 unspecified atom stereocenters. The number of nitrogens with zero attached hydrogens (tertiary/aromatic N) is 2. The Hall–Kier alpha value is -3.18. The Morgan fingerprint density at radius 1 is 1.04 bits per heavy atom. The Balaban J connectivity index is 1.88. The van der Waals surface area contributed by atoms with E-state index in [1.165, 1.54) is 12.1 Å². The van der Waals surface area contributed by atoms with Gasteiger partial charge in [0.05, 0.1) is 29.4 Å². The molecule has 5 heteroatoms. The summed E-state index contributed by atoms with van der Waals surface area (Å²) >= 11 is 0. The van der Waals surface area contributed by atoms with Crippen LogP contribution in [0.1, 0.15) is 19.4 Å². The van der Waals surface area contributed by atoms with E-state index in [9.17, 15) is 9.50 Å². The summed E-state index contributed by atoms with van der Waals surface area (Å²) in [6, 6.07) is 17.9. The van der Waals surface area contributed by atoms with E-state index in [2.05, 4.69) is 4.98 Å². The summed E-state index contributed by atoms with van der Waals surface area (Å²) in [5.74, 6) is 0.405. The highest BCUT2D eigenvalue weighted by Crippen LogP contribution is 2.37. The van der Waals surface area contributed by atoms with Gasteiger partial charge in [-0.05, 0) is 55.3 Å². The lowest BCUT2D eigenvalue weighted by molar-refractivity contribution is 0.0787. The third-order valence-corrected chi connectivity index (χ3v) is 4.87. The molecule has 0 spiro atoms. The van der Waals surface area contributed by atoms with E-state index in [-0.39, 0.29) is 5.82 Å². The molecule has 0 saturated heterocycles. The molecule has 0 aliphatic carbocycles. The van der Waals surface area contributed by atoms with Crippen LogP contribution in [0.2, 0.25) is 0 Å². The molecular weight excluding hydrogens is 355 g/mol. The van der Waals surface area contributed by atoms with Gasteiger partial charge >= 0.3 is 0 Å². The van der Waals surface area contributed by atoms with Crippen molar-refractivity contribution in [1.29, 1.82) is 0 Å². The van der Waals surface area contributed by atoms with Crippen LogP contribution >= 0.6 is 0 Å². The van der Waals surface area contributed by atoms with Crippen molar-refractivity contribution in [3.05, 3.63) is 78.4 Å². The predicted molar refractivity (Wildman–Crippen MR) is 108 cm³/mol. The minimum atomic E-state index is -0.932. The molecule has 0 aliphatic rings. The Morgan fingerprint density at radius 2 is 1.79 bits per heavy atom. The summed E-state index contributed by atoms with van der Waals surface area (Å²) < 4.78 is 21.0. The van der Waals surface area contributed by atoms with Gasteiger partial charge in [-0.3, -0.25) is 4.57 Å². The topological polar surface area (TPSA) is 47.3 Å². The van der Waals surface area contributed by atoms with Gasteiger partial charge < -0.3 is 9.84 Å². The summed E-state index contributed by atoms with van der Waals surface area (Å²) in [6.07, 6.45) is 1.74. The number of aromatic nitrogens is 2. The molecule has 1 aromatic heterocycles. The van der Waals surface area contributed by atoms with Crippen molar-refractivity contribution in [3.8, 4) is 22.6 Å². The lowest BCUT2D eigenvalue weighted by Crippen LogP contribution is -2.15. The fourth-order valence-corrected chi connectivity index (χ4v) is 3.37. The summed E-state index contributed by atoms with van der Waals surface area (Å²) in [6.45, 7) is 3.50. The molecule has 0 radical (unpaired) electrons. The van der Waals surface area contributed by atoms with Gasteiger partial charge in [0, 0.05) is 5.56 Å². The first-order valence-electron chi connectivity index (χ1n) is 9.02. The third-order valence-electron chi connectivity index (χ3n) is 4.87. The highest BCUT2D eigenvalue weighted by atomic mass is 19.1. The maximum absolute atomic E-state index is 13.3.